The molecule has 1 atom stereocenters. The van der Waals surface area contributed by atoms with Crippen molar-refractivity contribution < 1.29 is 4.79 Å². The van der Waals surface area contributed by atoms with Crippen molar-refractivity contribution in [1.82, 2.24) is 5.32 Å². The minimum atomic E-state index is 0.214. The number of anilines is 1. The van der Waals surface area contributed by atoms with E-state index >= 15 is 0 Å². The maximum Gasteiger partial charge on any atom is 0.227 e. The monoisotopic (exact) mass is 232 g/mol. The van der Waals surface area contributed by atoms with Crippen LogP contribution in [-0.2, 0) is 11.2 Å². The van der Waals surface area contributed by atoms with Gasteiger partial charge in [0.1, 0.15) is 0 Å². The van der Waals surface area contributed by atoms with Gasteiger partial charge in [-0.3, -0.25) is 4.79 Å². The van der Waals surface area contributed by atoms with Gasteiger partial charge in [-0.05, 0) is 37.1 Å². The largest absolute Gasteiger partial charge is 0.315 e. The molecule has 0 aliphatic carbocycles. The average Bonchev–Trinajstić information content (AvgIpc) is 2.35. The van der Waals surface area contributed by atoms with E-state index in [2.05, 4.69) is 30.4 Å². The standard InChI is InChI=1S/C14H20N2O/c1-4-12(15-2)10-5-7-13-11(9-10)6-8-14(17)16(13)3/h5,7,9,12,15H,4,6,8H2,1-3H3. The summed E-state index contributed by atoms with van der Waals surface area (Å²) in [4.78, 5) is 13.4. The first-order valence-corrected chi connectivity index (χ1v) is 6.24. The molecule has 1 N–H and O–H groups in total. The van der Waals surface area contributed by atoms with Gasteiger partial charge in [0.25, 0.3) is 0 Å². The van der Waals surface area contributed by atoms with Gasteiger partial charge in [-0.1, -0.05) is 19.1 Å². The Bertz CT molecular complexity index is 424. The van der Waals surface area contributed by atoms with Crippen LogP contribution in [0.2, 0.25) is 0 Å². The molecule has 17 heavy (non-hydrogen) atoms. The number of carbonyl (C=O) groups is 1. The van der Waals surface area contributed by atoms with Crippen molar-refractivity contribution in [3.05, 3.63) is 29.3 Å². The molecule has 0 radical (unpaired) electrons. The molecule has 0 spiro atoms. The second-order valence-corrected chi connectivity index (χ2v) is 4.59. The number of benzene rings is 1. The summed E-state index contributed by atoms with van der Waals surface area (Å²) in [5.41, 5.74) is 3.67. The fourth-order valence-corrected chi connectivity index (χ4v) is 2.50. The number of hydrogen-bond donors (Lipinski definition) is 1. The summed E-state index contributed by atoms with van der Waals surface area (Å²) in [5.74, 6) is 0.214. The smallest absolute Gasteiger partial charge is 0.227 e. The zero-order chi connectivity index (χ0) is 12.4. The highest BCUT2D eigenvalue weighted by molar-refractivity contribution is 5.95. The third-order valence-electron chi connectivity index (χ3n) is 3.61. The topological polar surface area (TPSA) is 32.3 Å². The normalized spacial score (nSPS) is 16.9. The van der Waals surface area contributed by atoms with Gasteiger partial charge in [-0.25, -0.2) is 0 Å². The van der Waals surface area contributed by atoms with Gasteiger partial charge in [0.05, 0.1) is 0 Å². The summed E-state index contributed by atoms with van der Waals surface area (Å²) in [6, 6.07) is 6.84. The molecule has 92 valence electrons. The van der Waals surface area contributed by atoms with E-state index in [0.29, 0.717) is 12.5 Å². The molecule has 1 aliphatic heterocycles. The summed E-state index contributed by atoms with van der Waals surface area (Å²) in [5, 5.41) is 3.31. The molecule has 1 unspecified atom stereocenters. The zero-order valence-electron chi connectivity index (χ0n) is 10.8. The van der Waals surface area contributed by atoms with E-state index in [0.717, 1.165) is 18.5 Å². The van der Waals surface area contributed by atoms with Crippen LogP contribution in [0.3, 0.4) is 0 Å². The third-order valence-corrected chi connectivity index (χ3v) is 3.61. The van der Waals surface area contributed by atoms with Crippen molar-refractivity contribution in [2.45, 2.75) is 32.2 Å². The van der Waals surface area contributed by atoms with Gasteiger partial charge in [0.2, 0.25) is 5.91 Å². The maximum absolute atomic E-state index is 11.6. The minimum absolute atomic E-state index is 0.214. The molecule has 2 rings (SSSR count). The highest BCUT2D eigenvalue weighted by Crippen LogP contribution is 2.29. The maximum atomic E-state index is 11.6. The molecule has 1 aromatic rings. The lowest BCUT2D eigenvalue weighted by Gasteiger charge is -2.27. The van der Waals surface area contributed by atoms with E-state index in [9.17, 15) is 4.79 Å². The number of nitrogens with zero attached hydrogens (tertiary/aromatic N) is 1. The minimum Gasteiger partial charge on any atom is -0.315 e. The molecular formula is C14H20N2O. The summed E-state index contributed by atoms with van der Waals surface area (Å²) in [7, 11) is 3.85. The van der Waals surface area contributed by atoms with Crippen molar-refractivity contribution in [2.75, 3.05) is 19.0 Å². The summed E-state index contributed by atoms with van der Waals surface area (Å²) in [6.07, 6.45) is 2.57. The Morgan fingerprint density at radius 2 is 2.18 bits per heavy atom. The molecule has 1 aliphatic rings. The number of rotatable bonds is 3. The van der Waals surface area contributed by atoms with Gasteiger partial charge >= 0.3 is 0 Å². The van der Waals surface area contributed by atoms with Gasteiger partial charge in [-0.15, -0.1) is 0 Å². The molecule has 3 nitrogen and oxygen atoms in total. The second kappa shape index (κ2) is 4.88. The number of hydrogen-bond acceptors (Lipinski definition) is 2. The average molecular weight is 232 g/mol. The molecule has 3 heteroatoms. The molecule has 0 saturated carbocycles. The molecule has 0 saturated heterocycles. The second-order valence-electron chi connectivity index (χ2n) is 4.59. The molecule has 1 heterocycles. The van der Waals surface area contributed by atoms with Gasteiger partial charge in [0.15, 0.2) is 0 Å². The molecule has 0 fully saturated rings. The number of aryl methyl sites for hydroxylation is 1. The lowest BCUT2D eigenvalue weighted by atomic mass is 9.95. The molecule has 0 bridgehead atoms. The van der Waals surface area contributed by atoms with E-state index in [-0.39, 0.29) is 5.91 Å². The van der Waals surface area contributed by atoms with Crippen LogP contribution in [0.25, 0.3) is 0 Å². The Morgan fingerprint density at radius 1 is 1.41 bits per heavy atom. The van der Waals surface area contributed by atoms with Crippen LogP contribution >= 0.6 is 0 Å². The predicted molar refractivity (Wildman–Crippen MR) is 70.3 cm³/mol. The summed E-state index contributed by atoms with van der Waals surface area (Å²) in [6.45, 7) is 2.18. The van der Waals surface area contributed by atoms with Gasteiger partial charge in [-0.2, -0.15) is 0 Å². The Morgan fingerprint density at radius 3 is 2.82 bits per heavy atom. The van der Waals surface area contributed by atoms with Crippen molar-refractivity contribution in [3.8, 4) is 0 Å². The Hall–Kier alpha value is -1.35. The van der Waals surface area contributed by atoms with E-state index < -0.39 is 0 Å². The molecule has 1 amide bonds. The number of fused-ring (bicyclic) bond motifs is 1. The van der Waals surface area contributed by atoms with E-state index in [1.54, 1.807) is 4.90 Å². The van der Waals surface area contributed by atoms with Crippen molar-refractivity contribution in [2.24, 2.45) is 0 Å². The van der Waals surface area contributed by atoms with Crippen LogP contribution in [0, 0.1) is 0 Å². The highest BCUT2D eigenvalue weighted by atomic mass is 16.2. The van der Waals surface area contributed by atoms with Crippen LogP contribution in [-0.4, -0.2) is 20.0 Å². The Labute approximate surface area is 103 Å². The van der Waals surface area contributed by atoms with Crippen LogP contribution in [0.1, 0.15) is 36.9 Å². The van der Waals surface area contributed by atoms with E-state index in [4.69, 9.17) is 0 Å². The number of nitrogens with one attached hydrogen (secondary N) is 1. The van der Waals surface area contributed by atoms with Crippen LogP contribution in [0.15, 0.2) is 18.2 Å². The Balaban J connectivity index is 2.35. The lowest BCUT2D eigenvalue weighted by Crippen LogP contribution is -2.31. The van der Waals surface area contributed by atoms with Crippen LogP contribution in [0.4, 0.5) is 5.69 Å². The summed E-state index contributed by atoms with van der Waals surface area (Å²) < 4.78 is 0. The van der Waals surface area contributed by atoms with Crippen molar-refractivity contribution in [1.29, 1.82) is 0 Å². The van der Waals surface area contributed by atoms with E-state index in [1.165, 1.54) is 11.1 Å². The van der Waals surface area contributed by atoms with E-state index in [1.807, 2.05) is 14.1 Å². The van der Waals surface area contributed by atoms with Crippen molar-refractivity contribution >= 4 is 11.6 Å². The number of amides is 1. The lowest BCUT2D eigenvalue weighted by molar-refractivity contribution is -0.118. The SMILES string of the molecule is CCC(NC)c1ccc2c(c1)CCC(=O)N2C. The van der Waals surface area contributed by atoms with Gasteiger partial charge in [0, 0.05) is 25.2 Å². The van der Waals surface area contributed by atoms with Crippen LogP contribution in [0.5, 0.6) is 0 Å². The first-order chi connectivity index (χ1) is 8.17. The summed E-state index contributed by atoms with van der Waals surface area (Å²) >= 11 is 0. The number of carbonyl (C=O) groups excluding carboxylic acids is 1. The fourth-order valence-electron chi connectivity index (χ4n) is 2.50. The molecule has 0 aromatic heterocycles. The predicted octanol–water partition coefficient (Wildman–Crippen LogP) is 2.27. The molecule has 1 aromatic carbocycles. The Kier molecular flexibility index (Phi) is 3.48. The molecular weight excluding hydrogens is 212 g/mol. The first kappa shape index (κ1) is 12.1. The van der Waals surface area contributed by atoms with Crippen LogP contribution < -0.4 is 10.2 Å². The fraction of sp³-hybridized carbons (Fsp3) is 0.500. The van der Waals surface area contributed by atoms with Gasteiger partial charge < -0.3 is 10.2 Å². The quantitative estimate of drug-likeness (QED) is 0.867. The zero-order valence-corrected chi connectivity index (χ0v) is 10.8. The van der Waals surface area contributed by atoms with Crippen molar-refractivity contribution in [3.63, 3.8) is 0 Å². The highest BCUT2D eigenvalue weighted by Gasteiger charge is 2.21. The third kappa shape index (κ3) is 2.20. The first-order valence-electron chi connectivity index (χ1n) is 6.24.